The van der Waals surface area contributed by atoms with Crippen molar-refractivity contribution in [2.75, 3.05) is 18.0 Å². The molecule has 2 rings (SSSR count). The first-order valence-electron chi connectivity index (χ1n) is 8.06. The molecule has 0 saturated heterocycles. The van der Waals surface area contributed by atoms with Gasteiger partial charge in [0.15, 0.2) is 5.76 Å². The van der Waals surface area contributed by atoms with Crippen LogP contribution in [0, 0.1) is 20.8 Å². The Labute approximate surface area is 148 Å². The highest BCUT2D eigenvalue weighted by Crippen LogP contribution is 2.19. The second-order valence-corrected chi connectivity index (χ2v) is 7.48. The number of carbonyl (C=O) groups excluding carboxylic acids is 1. The fraction of sp³-hybridized carbons (Fsp3) is 0.412. The van der Waals surface area contributed by atoms with Gasteiger partial charge in [0.1, 0.15) is 10.6 Å². The van der Waals surface area contributed by atoms with Gasteiger partial charge < -0.3 is 9.42 Å². The zero-order chi connectivity index (χ0) is 18.6. The van der Waals surface area contributed by atoms with E-state index in [2.05, 4.69) is 9.88 Å². The third kappa shape index (κ3) is 4.46. The number of hydrogen-bond acceptors (Lipinski definition) is 5. The number of aryl methyl sites for hydroxylation is 3. The van der Waals surface area contributed by atoms with Crippen LogP contribution in [0.25, 0.3) is 0 Å². The molecule has 0 radical (unpaired) electrons. The van der Waals surface area contributed by atoms with Crippen LogP contribution in [0.15, 0.2) is 33.7 Å². The minimum atomic E-state index is -3.75. The van der Waals surface area contributed by atoms with Crippen LogP contribution < -0.4 is 9.62 Å². The summed E-state index contributed by atoms with van der Waals surface area (Å²) in [7, 11) is -3.75. The molecule has 2 aromatic rings. The summed E-state index contributed by atoms with van der Waals surface area (Å²) in [4.78, 5) is 14.1. The van der Waals surface area contributed by atoms with Crippen molar-refractivity contribution in [3.05, 3.63) is 41.3 Å². The number of hydrogen-bond donors (Lipinski definition) is 1. The van der Waals surface area contributed by atoms with E-state index in [-0.39, 0.29) is 29.5 Å². The molecule has 1 N–H and O–H groups in total. The van der Waals surface area contributed by atoms with Crippen molar-refractivity contribution in [2.24, 2.45) is 0 Å². The molecule has 25 heavy (non-hydrogen) atoms. The smallest absolute Gasteiger partial charge is 0.245 e. The Morgan fingerprint density at radius 2 is 2.00 bits per heavy atom. The maximum Gasteiger partial charge on any atom is 0.245 e. The molecule has 0 bridgehead atoms. The average Bonchev–Trinajstić information content (AvgIpc) is 2.87. The Balaban J connectivity index is 2.02. The summed E-state index contributed by atoms with van der Waals surface area (Å²) in [5, 5.41) is 3.65. The van der Waals surface area contributed by atoms with Crippen LogP contribution in [-0.4, -0.2) is 32.6 Å². The van der Waals surface area contributed by atoms with Crippen molar-refractivity contribution in [1.82, 2.24) is 9.88 Å². The topological polar surface area (TPSA) is 92.5 Å². The van der Waals surface area contributed by atoms with E-state index in [4.69, 9.17) is 4.52 Å². The van der Waals surface area contributed by atoms with Gasteiger partial charge in [-0.1, -0.05) is 17.3 Å². The maximum atomic E-state index is 12.5. The zero-order valence-corrected chi connectivity index (χ0v) is 15.7. The third-order valence-corrected chi connectivity index (χ3v) is 5.50. The van der Waals surface area contributed by atoms with Gasteiger partial charge in [-0.15, -0.1) is 0 Å². The molecule has 0 aliphatic rings. The third-order valence-electron chi connectivity index (χ3n) is 3.80. The van der Waals surface area contributed by atoms with Gasteiger partial charge in [0.25, 0.3) is 0 Å². The molecule has 1 amide bonds. The molecule has 0 fully saturated rings. The lowest BCUT2D eigenvalue weighted by atomic mass is 10.2. The van der Waals surface area contributed by atoms with Crippen molar-refractivity contribution >= 4 is 21.6 Å². The second-order valence-electron chi connectivity index (χ2n) is 5.78. The summed E-state index contributed by atoms with van der Waals surface area (Å²) in [6.07, 6.45) is 0.0599. The molecule has 0 aliphatic heterocycles. The Kier molecular flexibility index (Phi) is 5.97. The number of carbonyl (C=O) groups is 1. The Morgan fingerprint density at radius 1 is 1.28 bits per heavy atom. The fourth-order valence-corrected chi connectivity index (χ4v) is 4.01. The molecular weight excluding hydrogens is 342 g/mol. The standard InChI is InChI=1S/C17H23N3O4S/c1-5-20(15-8-6-7-12(2)11-15)16(21)9-10-18-25(22,23)17-13(3)19-24-14(17)4/h6-8,11,18H,5,9-10H2,1-4H3. The summed E-state index contributed by atoms with van der Waals surface area (Å²) in [6.45, 7) is 7.46. The van der Waals surface area contributed by atoms with E-state index < -0.39 is 10.0 Å². The summed E-state index contributed by atoms with van der Waals surface area (Å²) in [5.74, 6) is 0.0841. The van der Waals surface area contributed by atoms with Gasteiger partial charge in [-0.05, 0) is 45.4 Å². The number of amides is 1. The lowest BCUT2D eigenvalue weighted by molar-refractivity contribution is -0.118. The molecule has 8 heteroatoms. The molecule has 0 atom stereocenters. The zero-order valence-electron chi connectivity index (χ0n) is 14.9. The summed E-state index contributed by atoms with van der Waals surface area (Å²) >= 11 is 0. The highest BCUT2D eigenvalue weighted by Gasteiger charge is 2.24. The van der Waals surface area contributed by atoms with E-state index in [1.165, 1.54) is 6.92 Å². The van der Waals surface area contributed by atoms with Gasteiger partial charge >= 0.3 is 0 Å². The first kappa shape index (κ1) is 19.1. The number of nitrogens with zero attached hydrogens (tertiary/aromatic N) is 2. The highest BCUT2D eigenvalue weighted by atomic mass is 32.2. The Hall–Kier alpha value is -2.19. The highest BCUT2D eigenvalue weighted by molar-refractivity contribution is 7.89. The van der Waals surface area contributed by atoms with E-state index in [0.29, 0.717) is 12.2 Å². The molecule has 1 aromatic carbocycles. The lowest BCUT2D eigenvalue weighted by Crippen LogP contribution is -2.34. The molecular formula is C17H23N3O4S. The molecule has 0 spiro atoms. The fourth-order valence-electron chi connectivity index (χ4n) is 2.66. The molecule has 1 heterocycles. The van der Waals surface area contributed by atoms with Gasteiger partial charge in [-0.2, -0.15) is 0 Å². The minimum absolute atomic E-state index is 0.00748. The summed E-state index contributed by atoms with van der Waals surface area (Å²) < 4.78 is 32.0. The van der Waals surface area contributed by atoms with Crippen molar-refractivity contribution in [3.8, 4) is 0 Å². The van der Waals surface area contributed by atoms with Gasteiger partial charge in [0.05, 0.1) is 0 Å². The molecule has 136 valence electrons. The van der Waals surface area contributed by atoms with Crippen molar-refractivity contribution in [1.29, 1.82) is 0 Å². The molecule has 7 nitrogen and oxygen atoms in total. The largest absolute Gasteiger partial charge is 0.360 e. The van der Waals surface area contributed by atoms with E-state index in [1.54, 1.807) is 11.8 Å². The van der Waals surface area contributed by atoms with Crippen molar-refractivity contribution in [2.45, 2.75) is 39.0 Å². The number of anilines is 1. The van der Waals surface area contributed by atoms with E-state index in [0.717, 1.165) is 11.3 Å². The quantitative estimate of drug-likeness (QED) is 0.813. The Bertz CT molecular complexity index is 839. The minimum Gasteiger partial charge on any atom is -0.360 e. The molecule has 0 saturated carbocycles. The second kappa shape index (κ2) is 7.79. The van der Waals surface area contributed by atoms with Crippen LogP contribution >= 0.6 is 0 Å². The summed E-state index contributed by atoms with van der Waals surface area (Å²) in [6, 6.07) is 7.64. The number of aromatic nitrogens is 1. The van der Waals surface area contributed by atoms with Gasteiger partial charge in [-0.25, -0.2) is 13.1 Å². The average molecular weight is 365 g/mol. The monoisotopic (exact) mass is 365 g/mol. The van der Waals surface area contributed by atoms with Gasteiger partial charge in [-0.3, -0.25) is 4.79 Å². The lowest BCUT2D eigenvalue weighted by Gasteiger charge is -2.21. The first-order chi connectivity index (χ1) is 11.8. The predicted molar refractivity (Wildman–Crippen MR) is 95.0 cm³/mol. The first-order valence-corrected chi connectivity index (χ1v) is 9.54. The molecule has 1 aromatic heterocycles. The summed E-state index contributed by atoms with van der Waals surface area (Å²) in [5.41, 5.74) is 2.16. The number of sulfonamides is 1. The number of nitrogens with one attached hydrogen (secondary N) is 1. The van der Waals surface area contributed by atoms with Crippen LogP contribution in [0.3, 0.4) is 0 Å². The van der Waals surface area contributed by atoms with E-state index in [1.807, 2.05) is 38.1 Å². The van der Waals surface area contributed by atoms with Crippen LogP contribution in [0.1, 0.15) is 30.4 Å². The predicted octanol–water partition coefficient (Wildman–Crippen LogP) is 2.32. The maximum absolute atomic E-state index is 12.5. The molecule has 0 unspecified atom stereocenters. The van der Waals surface area contributed by atoms with Crippen LogP contribution in [0.5, 0.6) is 0 Å². The Morgan fingerprint density at radius 3 is 2.56 bits per heavy atom. The van der Waals surface area contributed by atoms with Crippen LogP contribution in [-0.2, 0) is 14.8 Å². The van der Waals surface area contributed by atoms with Gasteiger partial charge in [0.2, 0.25) is 15.9 Å². The van der Waals surface area contributed by atoms with Crippen molar-refractivity contribution < 1.29 is 17.7 Å². The SMILES string of the molecule is CCN(C(=O)CCNS(=O)(=O)c1c(C)noc1C)c1cccc(C)c1. The normalized spacial score (nSPS) is 11.5. The molecule has 0 aliphatic carbocycles. The number of rotatable bonds is 7. The van der Waals surface area contributed by atoms with Crippen LogP contribution in [0.4, 0.5) is 5.69 Å². The van der Waals surface area contributed by atoms with Crippen LogP contribution in [0.2, 0.25) is 0 Å². The van der Waals surface area contributed by atoms with Gasteiger partial charge in [0, 0.05) is 25.2 Å². The van der Waals surface area contributed by atoms with E-state index in [9.17, 15) is 13.2 Å². The number of benzene rings is 1. The van der Waals surface area contributed by atoms with Crippen molar-refractivity contribution in [3.63, 3.8) is 0 Å². The van der Waals surface area contributed by atoms with E-state index >= 15 is 0 Å².